The normalized spacial score (nSPS) is 13.3. The van der Waals surface area contributed by atoms with Gasteiger partial charge in [0.15, 0.2) is 0 Å². The largest absolute Gasteiger partial charge is 0.393 e. The summed E-state index contributed by atoms with van der Waals surface area (Å²) in [5.41, 5.74) is 2.36. The van der Waals surface area contributed by atoms with Gasteiger partial charge in [-0.3, -0.25) is 4.57 Å². The minimum atomic E-state index is -0.270. The van der Waals surface area contributed by atoms with Gasteiger partial charge < -0.3 is 10.4 Å². The minimum absolute atomic E-state index is 0.0702. The van der Waals surface area contributed by atoms with Crippen LogP contribution in [0.15, 0.2) is 36.5 Å². The maximum atomic E-state index is 9.56. The summed E-state index contributed by atoms with van der Waals surface area (Å²) in [5.74, 6) is 0.992. The molecule has 0 saturated carbocycles. The zero-order valence-corrected chi connectivity index (χ0v) is 14.0. The number of aliphatic hydroxyl groups excluding tert-OH is 1. The summed E-state index contributed by atoms with van der Waals surface area (Å²) in [7, 11) is 0. The molecular formula is C18H27N3O. The lowest BCUT2D eigenvalue weighted by molar-refractivity contribution is 0.128. The lowest BCUT2D eigenvalue weighted by Crippen LogP contribution is -2.32. The molecule has 1 aromatic heterocycles. The molecule has 22 heavy (non-hydrogen) atoms. The first-order valence-corrected chi connectivity index (χ1v) is 7.86. The molecule has 0 saturated heterocycles. The standard InChI is InChI=1S/C18H27N3O/c1-14(22)10-18(3,4)13-19-11-17-12-20-15(2)21(17)16-8-6-5-7-9-16/h5-9,12,14,19,22H,10-11,13H2,1-4H3. The molecule has 0 aliphatic carbocycles. The molecule has 120 valence electrons. The molecule has 0 spiro atoms. The SMILES string of the molecule is Cc1ncc(CNCC(C)(C)CC(C)O)n1-c1ccccc1. The van der Waals surface area contributed by atoms with Crippen LogP contribution < -0.4 is 5.32 Å². The number of benzene rings is 1. The zero-order chi connectivity index (χ0) is 16.2. The lowest BCUT2D eigenvalue weighted by Gasteiger charge is -2.26. The Hall–Kier alpha value is -1.65. The van der Waals surface area contributed by atoms with Gasteiger partial charge >= 0.3 is 0 Å². The van der Waals surface area contributed by atoms with E-state index in [4.69, 9.17) is 0 Å². The highest BCUT2D eigenvalue weighted by Crippen LogP contribution is 2.21. The van der Waals surface area contributed by atoms with Crippen molar-refractivity contribution in [2.75, 3.05) is 6.54 Å². The van der Waals surface area contributed by atoms with E-state index in [1.165, 1.54) is 0 Å². The van der Waals surface area contributed by atoms with Crippen LogP contribution in [-0.2, 0) is 6.54 Å². The van der Waals surface area contributed by atoms with Gasteiger partial charge in [-0.05, 0) is 37.8 Å². The van der Waals surface area contributed by atoms with Crippen LogP contribution in [0.4, 0.5) is 0 Å². The van der Waals surface area contributed by atoms with Crippen LogP contribution in [0.2, 0.25) is 0 Å². The number of aryl methyl sites for hydroxylation is 1. The predicted octanol–water partition coefficient (Wildman–Crippen LogP) is 3.07. The molecule has 4 nitrogen and oxygen atoms in total. The molecule has 2 N–H and O–H groups in total. The molecule has 2 rings (SSSR count). The van der Waals surface area contributed by atoms with Crippen LogP contribution in [0.5, 0.6) is 0 Å². The molecule has 1 unspecified atom stereocenters. The van der Waals surface area contributed by atoms with Crippen molar-refractivity contribution in [2.45, 2.75) is 46.8 Å². The molecule has 0 fully saturated rings. The number of hydrogen-bond acceptors (Lipinski definition) is 3. The first-order valence-electron chi connectivity index (χ1n) is 7.86. The van der Waals surface area contributed by atoms with Crippen molar-refractivity contribution < 1.29 is 5.11 Å². The second kappa shape index (κ2) is 7.07. The Morgan fingerprint density at radius 3 is 2.59 bits per heavy atom. The van der Waals surface area contributed by atoms with E-state index in [-0.39, 0.29) is 11.5 Å². The summed E-state index contributed by atoms with van der Waals surface area (Å²) < 4.78 is 2.18. The van der Waals surface area contributed by atoms with Crippen LogP contribution in [0.3, 0.4) is 0 Å². The summed E-state index contributed by atoms with van der Waals surface area (Å²) in [4.78, 5) is 4.44. The maximum Gasteiger partial charge on any atom is 0.110 e. The third kappa shape index (κ3) is 4.42. The Morgan fingerprint density at radius 1 is 1.27 bits per heavy atom. The highest BCUT2D eigenvalue weighted by molar-refractivity contribution is 5.35. The van der Waals surface area contributed by atoms with E-state index in [9.17, 15) is 5.11 Å². The Balaban J connectivity index is 2.03. The fraction of sp³-hybridized carbons (Fsp3) is 0.500. The Kier molecular flexibility index (Phi) is 5.37. The third-order valence-corrected chi connectivity index (χ3v) is 3.78. The van der Waals surface area contributed by atoms with Crippen molar-refractivity contribution >= 4 is 0 Å². The van der Waals surface area contributed by atoms with E-state index in [2.05, 4.69) is 40.8 Å². The number of nitrogens with zero attached hydrogens (tertiary/aromatic N) is 2. The summed E-state index contributed by atoms with van der Waals surface area (Å²) in [5, 5.41) is 13.1. The third-order valence-electron chi connectivity index (χ3n) is 3.78. The fourth-order valence-corrected chi connectivity index (χ4v) is 2.95. The van der Waals surface area contributed by atoms with Gasteiger partial charge in [0.25, 0.3) is 0 Å². The predicted molar refractivity (Wildman–Crippen MR) is 90.1 cm³/mol. The van der Waals surface area contributed by atoms with Gasteiger partial charge in [-0.15, -0.1) is 0 Å². The number of aromatic nitrogens is 2. The number of nitrogens with one attached hydrogen (secondary N) is 1. The highest BCUT2D eigenvalue weighted by Gasteiger charge is 2.20. The number of hydrogen-bond donors (Lipinski definition) is 2. The number of para-hydroxylation sites is 1. The summed E-state index contributed by atoms with van der Waals surface area (Å²) in [6.45, 7) is 9.83. The van der Waals surface area contributed by atoms with Gasteiger partial charge in [0.05, 0.1) is 18.0 Å². The van der Waals surface area contributed by atoms with Crippen LogP contribution in [0, 0.1) is 12.3 Å². The van der Waals surface area contributed by atoms with Crippen LogP contribution >= 0.6 is 0 Å². The number of imidazole rings is 1. The quantitative estimate of drug-likeness (QED) is 0.826. The van der Waals surface area contributed by atoms with E-state index < -0.39 is 0 Å². The first-order chi connectivity index (χ1) is 10.4. The van der Waals surface area contributed by atoms with Crippen LogP contribution in [0.25, 0.3) is 5.69 Å². The average Bonchev–Trinajstić information content (AvgIpc) is 2.79. The molecular weight excluding hydrogens is 274 g/mol. The molecule has 0 aliphatic heterocycles. The van der Waals surface area contributed by atoms with Gasteiger partial charge in [0.1, 0.15) is 5.82 Å². The monoisotopic (exact) mass is 301 g/mol. The van der Waals surface area contributed by atoms with Crippen molar-refractivity contribution in [2.24, 2.45) is 5.41 Å². The second-order valence-corrected chi connectivity index (χ2v) is 6.79. The number of aliphatic hydroxyl groups is 1. The maximum absolute atomic E-state index is 9.56. The Bertz CT molecular complexity index is 588. The van der Waals surface area contributed by atoms with Crippen molar-refractivity contribution in [3.05, 3.63) is 48.0 Å². The van der Waals surface area contributed by atoms with Gasteiger partial charge in [-0.1, -0.05) is 32.0 Å². The average molecular weight is 301 g/mol. The number of rotatable bonds is 7. The molecule has 0 radical (unpaired) electrons. The topological polar surface area (TPSA) is 50.1 Å². The molecule has 2 aromatic rings. The molecule has 1 aromatic carbocycles. The smallest absolute Gasteiger partial charge is 0.110 e. The zero-order valence-electron chi connectivity index (χ0n) is 14.0. The van der Waals surface area contributed by atoms with Crippen molar-refractivity contribution in [3.8, 4) is 5.69 Å². The lowest BCUT2D eigenvalue weighted by atomic mass is 9.87. The summed E-state index contributed by atoms with van der Waals surface area (Å²) in [6.07, 6.45) is 2.45. The van der Waals surface area contributed by atoms with Crippen LogP contribution in [0.1, 0.15) is 38.7 Å². The van der Waals surface area contributed by atoms with Gasteiger partial charge in [-0.2, -0.15) is 0 Å². The van der Waals surface area contributed by atoms with Gasteiger partial charge in [0.2, 0.25) is 0 Å². The van der Waals surface area contributed by atoms with Crippen molar-refractivity contribution in [1.82, 2.24) is 14.9 Å². The molecule has 0 aliphatic rings. The van der Waals surface area contributed by atoms with E-state index >= 15 is 0 Å². The summed E-state index contributed by atoms with van der Waals surface area (Å²) in [6, 6.07) is 10.3. The second-order valence-electron chi connectivity index (χ2n) is 6.79. The van der Waals surface area contributed by atoms with Gasteiger partial charge in [-0.25, -0.2) is 4.98 Å². The van der Waals surface area contributed by atoms with E-state index in [0.717, 1.165) is 36.7 Å². The van der Waals surface area contributed by atoms with Crippen LogP contribution in [-0.4, -0.2) is 27.3 Å². The Morgan fingerprint density at radius 2 is 1.95 bits per heavy atom. The van der Waals surface area contributed by atoms with Gasteiger partial charge in [0, 0.05) is 18.8 Å². The minimum Gasteiger partial charge on any atom is -0.393 e. The van der Waals surface area contributed by atoms with Crippen molar-refractivity contribution in [3.63, 3.8) is 0 Å². The highest BCUT2D eigenvalue weighted by atomic mass is 16.3. The Labute approximate surface area is 133 Å². The van der Waals surface area contributed by atoms with E-state index in [1.807, 2.05) is 38.2 Å². The van der Waals surface area contributed by atoms with E-state index in [0.29, 0.717) is 0 Å². The molecule has 1 atom stereocenters. The summed E-state index contributed by atoms with van der Waals surface area (Å²) >= 11 is 0. The molecule has 0 bridgehead atoms. The fourth-order valence-electron chi connectivity index (χ4n) is 2.95. The van der Waals surface area contributed by atoms with E-state index in [1.54, 1.807) is 0 Å². The van der Waals surface area contributed by atoms with Crippen molar-refractivity contribution in [1.29, 1.82) is 0 Å². The molecule has 4 heteroatoms. The molecule has 1 heterocycles. The molecule has 0 amide bonds. The first kappa shape index (κ1) is 16.7.